The van der Waals surface area contributed by atoms with Gasteiger partial charge in [0.2, 0.25) is 0 Å². The van der Waals surface area contributed by atoms with Crippen molar-refractivity contribution in [1.29, 1.82) is 0 Å². The molecule has 34 heavy (non-hydrogen) atoms. The Morgan fingerprint density at radius 3 is 2.29 bits per heavy atom. The predicted molar refractivity (Wildman–Crippen MR) is 131 cm³/mol. The molecule has 0 bridgehead atoms. The van der Waals surface area contributed by atoms with Crippen LogP contribution in [0.25, 0.3) is 11.1 Å². The molecule has 176 valence electrons. The summed E-state index contributed by atoms with van der Waals surface area (Å²) in [5.74, 6) is 1.12. The van der Waals surface area contributed by atoms with Gasteiger partial charge in [0, 0.05) is 12.1 Å². The number of nitrogens with one attached hydrogen (secondary N) is 1. The van der Waals surface area contributed by atoms with Crippen molar-refractivity contribution in [2.24, 2.45) is 0 Å². The number of carbonyl (C=O) groups is 1. The summed E-state index contributed by atoms with van der Waals surface area (Å²) < 4.78 is 11.3. The summed E-state index contributed by atoms with van der Waals surface area (Å²) in [4.78, 5) is 15.5. The summed E-state index contributed by atoms with van der Waals surface area (Å²) in [6.07, 6.45) is 1.41. The van der Waals surface area contributed by atoms with E-state index in [0.717, 1.165) is 37.1 Å². The third-order valence-electron chi connectivity index (χ3n) is 6.51. The highest BCUT2D eigenvalue weighted by molar-refractivity contribution is 5.95. The minimum Gasteiger partial charge on any atom is -0.486 e. The van der Waals surface area contributed by atoms with Gasteiger partial charge in [-0.15, -0.1) is 0 Å². The third-order valence-corrected chi connectivity index (χ3v) is 6.51. The standard InChI is InChI=1S/C28H30N2O4/c31-27(23-12-13-25-26(18-23)34-17-16-33-25)24(19-30-14-4-5-15-30)29-28(32)22-10-8-21(9-11-22)20-6-2-1-3-7-20/h1-3,6-13,18,24,27,31H,4-5,14-17,19H2,(H,29,32)/t24-,27-/m1/s1. The number of aliphatic hydroxyl groups excluding tert-OH is 1. The van der Waals surface area contributed by atoms with Gasteiger partial charge in [-0.1, -0.05) is 48.5 Å². The second-order valence-electron chi connectivity index (χ2n) is 8.88. The average Bonchev–Trinajstić information content (AvgIpc) is 3.41. The number of aliphatic hydroxyl groups is 1. The molecule has 2 N–H and O–H groups in total. The number of amides is 1. The summed E-state index contributed by atoms with van der Waals surface area (Å²) in [5.41, 5.74) is 3.44. The highest BCUT2D eigenvalue weighted by Gasteiger charge is 2.28. The quantitative estimate of drug-likeness (QED) is 0.559. The topological polar surface area (TPSA) is 71.0 Å². The van der Waals surface area contributed by atoms with Gasteiger partial charge in [0.1, 0.15) is 19.3 Å². The summed E-state index contributed by atoms with van der Waals surface area (Å²) in [7, 11) is 0. The zero-order chi connectivity index (χ0) is 23.3. The molecule has 0 aliphatic carbocycles. The van der Waals surface area contributed by atoms with Crippen molar-refractivity contribution in [3.05, 3.63) is 83.9 Å². The van der Waals surface area contributed by atoms with Crippen molar-refractivity contribution < 1.29 is 19.4 Å². The zero-order valence-electron chi connectivity index (χ0n) is 19.2. The van der Waals surface area contributed by atoms with Gasteiger partial charge in [-0.25, -0.2) is 0 Å². The number of fused-ring (bicyclic) bond motifs is 1. The fraction of sp³-hybridized carbons (Fsp3) is 0.321. The zero-order valence-corrected chi connectivity index (χ0v) is 19.2. The lowest BCUT2D eigenvalue weighted by Crippen LogP contribution is -2.46. The van der Waals surface area contributed by atoms with Crippen LogP contribution in [0.4, 0.5) is 0 Å². The highest BCUT2D eigenvalue weighted by Crippen LogP contribution is 2.33. The second-order valence-corrected chi connectivity index (χ2v) is 8.88. The molecule has 0 radical (unpaired) electrons. The predicted octanol–water partition coefficient (Wildman–Crippen LogP) is 4.05. The maximum absolute atomic E-state index is 13.2. The van der Waals surface area contributed by atoms with E-state index in [1.54, 1.807) is 0 Å². The molecule has 0 saturated carbocycles. The van der Waals surface area contributed by atoms with E-state index in [1.165, 1.54) is 0 Å². The van der Waals surface area contributed by atoms with Crippen LogP contribution in [-0.4, -0.2) is 54.8 Å². The number of hydrogen-bond donors (Lipinski definition) is 2. The molecule has 5 rings (SSSR count). The molecule has 2 heterocycles. The molecule has 1 amide bonds. The van der Waals surface area contributed by atoms with Crippen LogP contribution in [0.3, 0.4) is 0 Å². The van der Waals surface area contributed by atoms with E-state index in [9.17, 15) is 9.90 Å². The van der Waals surface area contributed by atoms with Crippen LogP contribution in [-0.2, 0) is 0 Å². The van der Waals surface area contributed by atoms with Crippen molar-refractivity contribution in [3.63, 3.8) is 0 Å². The Morgan fingerprint density at radius 2 is 1.56 bits per heavy atom. The van der Waals surface area contributed by atoms with E-state index in [-0.39, 0.29) is 5.91 Å². The number of nitrogens with zero attached hydrogens (tertiary/aromatic N) is 1. The Bertz CT molecular complexity index is 1110. The largest absolute Gasteiger partial charge is 0.486 e. The first-order chi connectivity index (χ1) is 16.7. The molecule has 0 spiro atoms. The van der Waals surface area contributed by atoms with Gasteiger partial charge >= 0.3 is 0 Å². The van der Waals surface area contributed by atoms with Gasteiger partial charge in [0.05, 0.1) is 6.04 Å². The van der Waals surface area contributed by atoms with Gasteiger partial charge in [-0.05, 0) is 66.9 Å². The average molecular weight is 459 g/mol. The van der Waals surface area contributed by atoms with E-state index in [2.05, 4.69) is 10.2 Å². The molecule has 1 saturated heterocycles. The van der Waals surface area contributed by atoms with Gasteiger partial charge in [0.15, 0.2) is 11.5 Å². The van der Waals surface area contributed by atoms with Crippen molar-refractivity contribution >= 4 is 5.91 Å². The SMILES string of the molecule is O=C(N[C@H](CN1CCCC1)[C@H](O)c1ccc2c(c1)OCCO2)c1ccc(-c2ccccc2)cc1. The van der Waals surface area contributed by atoms with Gasteiger partial charge < -0.3 is 24.8 Å². The first-order valence-corrected chi connectivity index (χ1v) is 11.9. The fourth-order valence-electron chi connectivity index (χ4n) is 4.64. The Labute approximate surface area is 200 Å². The van der Waals surface area contributed by atoms with Crippen molar-refractivity contribution in [2.45, 2.75) is 25.0 Å². The molecule has 6 nitrogen and oxygen atoms in total. The van der Waals surface area contributed by atoms with Crippen LogP contribution in [0.2, 0.25) is 0 Å². The molecule has 2 atom stereocenters. The summed E-state index contributed by atoms with van der Waals surface area (Å²) in [6, 6.07) is 22.7. The van der Waals surface area contributed by atoms with Gasteiger partial charge in [0.25, 0.3) is 5.91 Å². The normalized spacial score (nSPS) is 17.2. The lowest BCUT2D eigenvalue weighted by molar-refractivity contribution is 0.0771. The molecule has 0 unspecified atom stereocenters. The Morgan fingerprint density at radius 1 is 0.882 bits per heavy atom. The Balaban J connectivity index is 1.33. The third kappa shape index (κ3) is 5.08. The van der Waals surface area contributed by atoms with Gasteiger partial charge in [-0.3, -0.25) is 4.79 Å². The minimum absolute atomic E-state index is 0.194. The van der Waals surface area contributed by atoms with Crippen LogP contribution in [0.15, 0.2) is 72.8 Å². The van der Waals surface area contributed by atoms with E-state index >= 15 is 0 Å². The molecular formula is C28H30N2O4. The molecule has 0 aromatic heterocycles. The van der Waals surface area contributed by atoms with Crippen LogP contribution >= 0.6 is 0 Å². The molecule has 6 heteroatoms. The molecular weight excluding hydrogens is 428 g/mol. The van der Waals surface area contributed by atoms with Crippen LogP contribution in [0.5, 0.6) is 11.5 Å². The number of benzene rings is 3. The fourth-order valence-corrected chi connectivity index (χ4v) is 4.64. The Hall–Kier alpha value is -3.35. The summed E-state index contributed by atoms with van der Waals surface area (Å²) in [5, 5.41) is 14.4. The monoisotopic (exact) mass is 458 g/mol. The van der Waals surface area contributed by atoms with E-state index in [4.69, 9.17) is 9.47 Å². The smallest absolute Gasteiger partial charge is 0.251 e. The van der Waals surface area contributed by atoms with Crippen LogP contribution in [0, 0.1) is 0 Å². The number of rotatable bonds is 7. The van der Waals surface area contributed by atoms with Crippen molar-refractivity contribution in [3.8, 4) is 22.6 Å². The molecule has 2 aliphatic heterocycles. The number of carbonyl (C=O) groups excluding carboxylic acids is 1. The maximum atomic E-state index is 13.2. The maximum Gasteiger partial charge on any atom is 0.251 e. The van der Waals surface area contributed by atoms with Crippen LogP contribution < -0.4 is 14.8 Å². The van der Waals surface area contributed by atoms with Crippen LogP contribution in [0.1, 0.15) is 34.9 Å². The number of hydrogen-bond acceptors (Lipinski definition) is 5. The van der Waals surface area contributed by atoms with Gasteiger partial charge in [-0.2, -0.15) is 0 Å². The number of likely N-dealkylation sites (tertiary alicyclic amines) is 1. The molecule has 2 aliphatic rings. The highest BCUT2D eigenvalue weighted by atomic mass is 16.6. The summed E-state index contributed by atoms with van der Waals surface area (Å²) >= 11 is 0. The first kappa shape index (κ1) is 22.4. The molecule has 1 fully saturated rings. The minimum atomic E-state index is -0.871. The first-order valence-electron chi connectivity index (χ1n) is 11.9. The van der Waals surface area contributed by atoms with Crippen molar-refractivity contribution in [2.75, 3.05) is 32.8 Å². The number of ether oxygens (including phenoxy) is 2. The van der Waals surface area contributed by atoms with E-state index in [1.807, 2.05) is 72.8 Å². The van der Waals surface area contributed by atoms with E-state index < -0.39 is 12.1 Å². The lowest BCUT2D eigenvalue weighted by atomic mass is 10.00. The molecule has 3 aromatic carbocycles. The molecule has 3 aromatic rings. The lowest BCUT2D eigenvalue weighted by Gasteiger charge is -2.29. The van der Waals surface area contributed by atoms with E-state index in [0.29, 0.717) is 42.4 Å². The van der Waals surface area contributed by atoms with Crippen molar-refractivity contribution in [1.82, 2.24) is 10.2 Å². The Kier molecular flexibility index (Phi) is 6.79. The second kappa shape index (κ2) is 10.3. The summed E-state index contributed by atoms with van der Waals surface area (Å²) in [6.45, 7) is 3.55.